The van der Waals surface area contributed by atoms with E-state index in [0.717, 1.165) is 16.7 Å². The molecule has 3 N–H and O–H groups in total. The molecule has 17 heavy (non-hydrogen) atoms. The zero-order valence-corrected chi connectivity index (χ0v) is 9.22. The summed E-state index contributed by atoms with van der Waals surface area (Å²) in [7, 11) is 0. The zero-order chi connectivity index (χ0) is 11.8. The first-order valence-corrected chi connectivity index (χ1v) is 5.59. The van der Waals surface area contributed by atoms with Crippen molar-refractivity contribution >= 4 is 0 Å². The van der Waals surface area contributed by atoms with Gasteiger partial charge < -0.3 is 15.5 Å². The van der Waals surface area contributed by atoms with Gasteiger partial charge >= 0.3 is 0 Å². The zero-order valence-electron chi connectivity index (χ0n) is 9.22. The Morgan fingerprint density at radius 1 is 1.00 bits per heavy atom. The molecule has 1 atom stereocenters. The van der Waals surface area contributed by atoms with Gasteiger partial charge in [0.05, 0.1) is 6.04 Å². The number of fused-ring (bicyclic) bond motifs is 1. The number of rotatable bonds is 1. The van der Waals surface area contributed by atoms with E-state index in [-0.39, 0.29) is 11.8 Å². The molecule has 0 radical (unpaired) electrons. The summed E-state index contributed by atoms with van der Waals surface area (Å²) in [5, 5.41) is 22.4. The molecule has 0 bridgehead atoms. The highest BCUT2D eigenvalue weighted by Crippen LogP contribution is 2.35. The quantitative estimate of drug-likeness (QED) is 0.700. The number of aromatic hydroxyl groups is 2. The van der Waals surface area contributed by atoms with Gasteiger partial charge in [0.15, 0.2) is 0 Å². The molecule has 1 aliphatic rings. The second-order valence-corrected chi connectivity index (χ2v) is 4.25. The molecule has 0 saturated carbocycles. The first-order valence-electron chi connectivity index (χ1n) is 5.59. The van der Waals surface area contributed by atoms with Crippen molar-refractivity contribution in [1.82, 2.24) is 5.32 Å². The van der Waals surface area contributed by atoms with E-state index in [9.17, 15) is 10.2 Å². The number of nitrogens with one attached hydrogen (secondary N) is 1. The first-order chi connectivity index (χ1) is 8.25. The Morgan fingerprint density at radius 2 is 1.76 bits per heavy atom. The molecule has 1 aliphatic heterocycles. The van der Waals surface area contributed by atoms with Crippen LogP contribution in [0.2, 0.25) is 0 Å². The fraction of sp³-hybridized carbons (Fsp3) is 0.143. The maximum Gasteiger partial charge on any atom is 0.120 e. The van der Waals surface area contributed by atoms with Gasteiger partial charge in [-0.3, -0.25) is 0 Å². The maximum absolute atomic E-state index is 9.76. The number of phenols is 2. The monoisotopic (exact) mass is 227 g/mol. The number of phenolic OH excluding ortho intramolecular Hbond substituents is 2. The molecule has 0 amide bonds. The highest BCUT2D eigenvalue weighted by Gasteiger charge is 2.24. The molecular weight excluding hydrogens is 214 g/mol. The molecule has 2 aromatic rings. The summed E-state index contributed by atoms with van der Waals surface area (Å²) in [6.45, 7) is 0.674. The van der Waals surface area contributed by atoms with Crippen LogP contribution in [-0.4, -0.2) is 10.2 Å². The molecule has 0 aliphatic carbocycles. The third kappa shape index (κ3) is 1.65. The van der Waals surface area contributed by atoms with Gasteiger partial charge in [0, 0.05) is 12.1 Å². The van der Waals surface area contributed by atoms with Gasteiger partial charge in [0.1, 0.15) is 11.5 Å². The number of benzene rings is 2. The molecular formula is C14H13NO2. The molecule has 3 heteroatoms. The Labute approximate surface area is 99.4 Å². The largest absolute Gasteiger partial charge is 0.508 e. The molecule has 3 rings (SSSR count). The molecule has 1 unspecified atom stereocenters. The lowest BCUT2D eigenvalue weighted by atomic mass is 9.98. The van der Waals surface area contributed by atoms with Crippen LogP contribution in [0.4, 0.5) is 0 Å². The van der Waals surface area contributed by atoms with Gasteiger partial charge in [-0.15, -0.1) is 0 Å². The van der Waals surface area contributed by atoms with Gasteiger partial charge in [0.2, 0.25) is 0 Å². The molecule has 3 nitrogen and oxygen atoms in total. The topological polar surface area (TPSA) is 52.5 Å². The lowest BCUT2D eigenvalue weighted by molar-refractivity contribution is 0.468. The minimum absolute atomic E-state index is 0.0951. The normalized spacial score (nSPS) is 18.0. The molecule has 0 spiro atoms. The van der Waals surface area contributed by atoms with Crippen molar-refractivity contribution in [3.63, 3.8) is 0 Å². The smallest absolute Gasteiger partial charge is 0.120 e. The van der Waals surface area contributed by atoms with Crippen LogP contribution in [0.1, 0.15) is 22.7 Å². The van der Waals surface area contributed by atoms with E-state index in [1.165, 1.54) is 0 Å². The number of hydrogen-bond donors (Lipinski definition) is 3. The van der Waals surface area contributed by atoms with Crippen molar-refractivity contribution in [3.8, 4) is 11.5 Å². The minimum Gasteiger partial charge on any atom is -0.508 e. The second kappa shape index (κ2) is 3.79. The molecule has 86 valence electrons. The fourth-order valence-electron chi connectivity index (χ4n) is 2.33. The van der Waals surface area contributed by atoms with Crippen LogP contribution in [0, 0.1) is 0 Å². The van der Waals surface area contributed by atoms with Crippen molar-refractivity contribution in [2.24, 2.45) is 0 Å². The summed E-state index contributed by atoms with van der Waals surface area (Å²) in [5.41, 5.74) is 3.16. The van der Waals surface area contributed by atoms with Crippen LogP contribution in [0.5, 0.6) is 11.5 Å². The van der Waals surface area contributed by atoms with Crippen LogP contribution in [-0.2, 0) is 6.54 Å². The molecule has 1 heterocycles. The van der Waals surface area contributed by atoms with E-state index in [1.807, 2.05) is 24.3 Å². The van der Waals surface area contributed by atoms with Gasteiger partial charge in [-0.1, -0.05) is 24.3 Å². The standard InChI is InChI=1S/C14H13NO2/c16-10-6-4-9(5-7-10)14-11-2-1-3-13(17)12(11)8-15-14/h1-7,14-17H,8H2. The number of hydrogen-bond acceptors (Lipinski definition) is 3. The van der Waals surface area contributed by atoms with Crippen molar-refractivity contribution in [2.45, 2.75) is 12.6 Å². The van der Waals surface area contributed by atoms with Crippen molar-refractivity contribution in [2.75, 3.05) is 0 Å². The summed E-state index contributed by atoms with van der Waals surface area (Å²) in [6.07, 6.45) is 0. The summed E-state index contributed by atoms with van der Waals surface area (Å²) in [4.78, 5) is 0. The van der Waals surface area contributed by atoms with Crippen LogP contribution >= 0.6 is 0 Å². The predicted molar refractivity (Wildman–Crippen MR) is 64.9 cm³/mol. The average molecular weight is 227 g/mol. The van der Waals surface area contributed by atoms with Crippen LogP contribution < -0.4 is 5.32 Å². The third-order valence-electron chi connectivity index (χ3n) is 3.21. The fourth-order valence-corrected chi connectivity index (χ4v) is 2.33. The Balaban J connectivity index is 2.04. The highest BCUT2D eigenvalue weighted by atomic mass is 16.3. The highest BCUT2D eigenvalue weighted by molar-refractivity contribution is 5.48. The van der Waals surface area contributed by atoms with E-state index in [1.54, 1.807) is 18.2 Å². The van der Waals surface area contributed by atoms with Gasteiger partial charge in [-0.25, -0.2) is 0 Å². The van der Waals surface area contributed by atoms with E-state index >= 15 is 0 Å². The molecule has 0 aromatic heterocycles. The lowest BCUT2D eigenvalue weighted by Crippen LogP contribution is -2.12. The summed E-state index contributed by atoms with van der Waals surface area (Å²) in [5.74, 6) is 0.610. The van der Waals surface area contributed by atoms with Gasteiger partial charge in [-0.05, 0) is 29.3 Å². The third-order valence-corrected chi connectivity index (χ3v) is 3.21. The van der Waals surface area contributed by atoms with Gasteiger partial charge in [0.25, 0.3) is 0 Å². The summed E-state index contributed by atoms with van der Waals surface area (Å²) in [6, 6.07) is 12.8. The Bertz CT molecular complexity index is 549. The maximum atomic E-state index is 9.76. The SMILES string of the molecule is Oc1ccc(C2NCc3c(O)cccc32)cc1. The first kappa shape index (κ1) is 10.2. The van der Waals surface area contributed by atoms with E-state index in [2.05, 4.69) is 5.32 Å². The Morgan fingerprint density at radius 3 is 2.53 bits per heavy atom. The second-order valence-electron chi connectivity index (χ2n) is 4.25. The van der Waals surface area contributed by atoms with Crippen molar-refractivity contribution < 1.29 is 10.2 Å². The predicted octanol–water partition coefficient (Wildman–Crippen LogP) is 2.29. The Kier molecular flexibility index (Phi) is 2.27. The van der Waals surface area contributed by atoms with Crippen LogP contribution in [0.3, 0.4) is 0 Å². The van der Waals surface area contributed by atoms with E-state index in [0.29, 0.717) is 12.3 Å². The molecule has 2 aromatic carbocycles. The minimum atomic E-state index is 0.0951. The molecule has 0 fully saturated rings. The van der Waals surface area contributed by atoms with E-state index < -0.39 is 0 Å². The lowest BCUT2D eigenvalue weighted by Gasteiger charge is -2.12. The van der Waals surface area contributed by atoms with Crippen LogP contribution in [0.25, 0.3) is 0 Å². The van der Waals surface area contributed by atoms with E-state index in [4.69, 9.17) is 0 Å². The summed E-state index contributed by atoms with van der Waals surface area (Å²) >= 11 is 0. The van der Waals surface area contributed by atoms with Crippen LogP contribution in [0.15, 0.2) is 42.5 Å². The average Bonchev–Trinajstić information content (AvgIpc) is 2.75. The van der Waals surface area contributed by atoms with Gasteiger partial charge in [-0.2, -0.15) is 0 Å². The molecule has 0 saturated heterocycles. The summed E-state index contributed by atoms with van der Waals surface area (Å²) < 4.78 is 0. The van der Waals surface area contributed by atoms with Crippen molar-refractivity contribution in [3.05, 3.63) is 59.2 Å². The van der Waals surface area contributed by atoms with Crippen molar-refractivity contribution in [1.29, 1.82) is 0 Å². The Hall–Kier alpha value is -2.00.